The Morgan fingerprint density at radius 1 is 1.42 bits per heavy atom. The Labute approximate surface area is 115 Å². The SMILES string of the molecule is CC1=CCCN(Cc2cc(CNC(C)(C)C)no2)C1. The predicted octanol–water partition coefficient (Wildman–Crippen LogP) is 2.71. The maximum absolute atomic E-state index is 5.42. The molecule has 0 aromatic carbocycles. The van der Waals surface area contributed by atoms with E-state index in [1.807, 2.05) is 0 Å². The third-order valence-corrected chi connectivity index (χ3v) is 3.20. The third kappa shape index (κ3) is 4.80. The molecule has 0 bridgehead atoms. The minimum atomic E-state index is 0.105. The van der Waals surface area contributed by atoms with Crippen LogP contribution in [0.4, 0.5) is 0 Å². The van der Waals surface area contributed by atoms with Crippen molar-refractivity contribution >= 4 is 0 Å². The number of hydrogen-bond acceptors (Lipinski definition) is 4. The van der Waals surface area contributed by atoms with Gasteiger partial charge in [0.1, 0.15) is 0 Å². The van der Waals surface area contributed by atoms with Gasteiger partial charge in [0.25, 0.3) is 0 Å². The Morgan fingerprint density at radius 3 is 2.89 bits per heavy atom. The molecule has 0 atom stereocenters. The van der Waals surface area contributed by atoms with Crippen LogP contribution in [0.3, 0.4) is 0 Å². The van der Waals surface area contributed by atoms with Gasteiger partial charge in [0, 0.05) is 31.2 Å². The van der Waals surface area contributed by atoms with Gasteiger partial charge in [0.15, 0.2) is 5.76 Å². The van der Waals surface area contributed by atoms with Gasteiger partial charge in [-0.05, 0) is 34.1 Å². The van der Waals surface area contributed by atoms with E-state index in [1.54, 1.807) is 0 Å². The molecule has 106 valence electrons. The second kappa shape index (κ2) is 5.88. The fraction of sp³-hybridized carbons (Fsp3) is 0.667. The van der Waals surface area contributed by atoms with Crippen LogP contribution in [-0.2, 0) is 13.1 Å². The standard InChI is InChI=1S/C15H25N3O/c1-12-6-5-7-18(10-12)11-14-8-13(17-19-14)9-16-15(2,3)4/h6,8,16H,5,7,9-11H2,1-4H3. The van der Waals surface area contributed by atoms with Gasteiger partial charge in [0.05, 0.1) is 12.2 Å². The molecule has 2 rings (SSSR count). The number of nitrogens with one attached hydrogen (secondary N) is 1. The first-order chi connectivity index (χ1) is 8.92. The van der Waals surface area contributed by atoms with E-state index in [0.29, 0.717) is 0 Å². The molecule has 0 unspecified atom stereocenters. The van der Waals surface area contributed by atoms with Gasteiger partial charge in [-0.1, -0.05) is 16.8 Å². The Balaban J connectivity index is 1.85. The molecule has 0 saturated heterocycles. The van der Waals surface area contributed by atoms with Crippen LogP contribution in [0.1, 0.15) is 45.6 Å². The zero-order valence-electron chi connectivity index (χ0n) is 12.5. The van der Waals surface area contributed by atoms with Gasteiger partial charge in [-0.3, -0.25) is 4.90 Å². The summed E-state index contributed by atoms with van der Waals surface area (Å²) in [6.07, 6.45) is 3.45. The molecule has 0 radical (unpaired) electrons. The Bertz CT molecular complexity index is 442. The second-order valence-corrected chi connectivity index (χ2v) is 6.44. The van der Waals surface area contributed by atoms with Gasteiger partial charge in [-0.15, -0.1) is 0 Å². The summed E-state index contributed by atoms with van der Waals surface area (Å²) in [6.45, 7) is 12.4. The van der Waals surface area contributed by atoms with Gasteiger partial charge in [-0.2, -0.15) is 0 Å². The zero-order chi connectivity index (χ0) is 13.9. The van der Waals surface area contributed by atoms with Crippen LogP contribution >= 0.6 is 0 Å². The van der Waals surface area contributed by atoms with Crippen molar-refractivity contribution in [2.75, 3.05) is 13.1 Å². The second-order valence-electron chi connectivity index (χ2n) is 6.44. The van der Waals surface area contributed by atoms with Crippen molar-refractivity contribution in [3.8, 4) is 0 Å². The summed E-state index contributed by atoms with van der Waals surface area (Å²) in [7, 11) is 0. The van der Waals surface area contributed by atoms with Gasteiger partial charge in [0.2, 0.25) is 0 Å². The smallest absolute Gasteiger partial charge is 0.151 e. The van der Waals surface area contributed by atoms with Crippen molar-refractivity contribution in [2.24, 2.45) is 0 Å². The fourth-order valence-corrected chi connectivity index (χ4v) is 2.21. The lowest BCUT2D eigenvalue weighted by molar-refractivity contribution is 0.242. The molecule has 0 spiro atoms. The monoisotopic (exact) mass is 263 g/mol. The summed E-state index contributed by atoms with van der Waals surface area (Å²) in [6, 6.07) is 2.06. The van der Waals surface area contributed by atoms with E-state index in [1.165, 1.54) is 5.57 Å². The quantitative estimate of drug-likeness (QED) is 0.848. The van der Waals surface area contributed by atoms with Crippen LogP contribution in [0.2, 0.25) is 0 Å². The molecule has 1 N–H and O–H groups in total. The van der Waals surface area contributed by atoms with E-state index in [2.05, 4.69) is 55.2 Å². The number of hydrogen-bond donors (Lipinski definition) is 1. The molecule has 4 nitrogen and oxygen atoms in total. The molecule has 4 heteroatoms. The molecule has 0 aliphatic carbocycles. The van der Waals surface area contributed by atoms with Crippen molar-refractivity contribution in [3.63, 3.8) is 0 Å². The Hall–Kier alpha value is -1.13. The minimum Gasteiger partial charge on any atom is -0.360 e. The first-order valence-corrected chi connectivity index (χ1v) is 7.00. The van der Waals surface area contributed by atoms with Crippen molar-refractivity contribution in [2.45, 2.75) is 52.7 Å². The first kappa shape index (κ1) is 14.3. The van der Waals surface area contributed by atoms with Crippen molar-refractivity contribution in [3.05, 3.63) is 29.2 Å². The van der Waals surface area contributed by atoms with Crippen molar-refractivity contribution in [1.29, 1.82) is 0 Å². The summed E-state index contributed by atoms with van der Waals surface area (Å²) < 4.78 is 5.42. The largest absolute Gasteiger partial charge is 0.360 e. The normalized spacial score (nSPS) is 17.6. The minimum absolute atomic E-state index is 0.105. The summed E-state index contributed by atoms with van der Waals surface area (Å²) in [4.78, 5) is 2.40. The summed E-state index contributed by atoms with van der Waals surface area (Å²) >= 11 is 0. The highest BCUT2D eigenvalue weighted by Crippen LogP contribution is 2.14. The van der Waals surface area contributed by atoms with Gasteiger partial charge >= 0.3 is 0 Å². The number of nitrogens with zero attached hydrogens (tertiary/aromatic N) is 2. The third-order valence-electron chi connectivity index (χ3n) is 3.20. The summed E-state index contributed by atoms with van der Waals surface area (Å²) in [5, 5.41) is 7.54. The van der Waals surface area contributed by atoms with Crippen LogP contribution in [0, 0.1) is 0 Å². The number of aromatic nitrogens is 1. The predicted molar refractivity (Wildman–Crippen MR) is 76.7 cm³/mol. The molecule has 1 aromatic heterocycles. The Morgan fingerprint density at radius 2 is 2.21 bits per heavy atom. The van der Waals surface area contributed by atoms with E-state index < -0.39 is 0 Å². The Kier molecular flexibility index (Phi) is 4.42. The molecular weight excluding hydrogens is 238 g/mol. The summed E-state index contributed by atoms with van der Waals surface area (Å²) in [5.41, 5.74) is 2.53. The fourth-order valence-electron chi connectivity index (χ4n) is 2.21. The van der Waals surface area contributed by atoms with E-state index in [0.717, 1.165) is 44.1 Å². The lowest BCUT2D eigenvalue weighted by Crippen LogP contribution is -2.35. The lowest BCUT2D eigenvalue weighted by atomic mass is 10.1. The highest BCUT2D eigenvalue weighted by molar-refractivity contribution is 5.09. The van der Waals surface area contributed by atoms with Crippen molar-refractivity contribution in [1.82, 2.24) is 15.4 Å². The topological polar surface area (TPSA) is 41.3 Å². The van der Waals surface area contributed by atoms with E-state index >= 15 is 0 Å². The highest BCUT2D eigenvalue weighted by atomic mass is 16.5. The van der Waals surface area contributed by atoms with E-state index in [9.17, 15) is 0 Å². The van der Waals surface area contributed by atoms with Crippen LogP contribution in [-0.4, -0.2) is 28.7 Å². The van der Waals surface area contributed by atoms with Crippen LogP contribution in [0.5, 0.6) is 0 Å². The molecular formula is C15H25N3O. The molecule has 19 heavy (non-hydrogen) atoms. The van der Waals surface area contributed by atoms with Crippen LogP contribution < -0.4 is 5.32 Å². The molecule has 0 saturated carbocycles. The zero-order valence-corrected chi connectivity index (χ0v) is 12.5. The molecule has 2 heterocycles. The number of rotatable bonds is 4. The molecule has 1 aromatic rings. The molecule has 0 amide bonds. The average Bonchev–Trinajstić information content (AvgIpc) is 2.73. The highest BCUT2D eigenvalue weighted by Gasteiger charge is 2.14. The molecule has 1 aliphatic heterocycles. The average molecular weight is 263 g/mol. The summed E-state index contributed by atoms with van der Waals surface area (Å²) in [5.74, 6) is 0.959. The maximum Gasteiger partial charge on any atom is 0.151 e. The molecule has 0 fully saturated rings. The van der Waals surface area contributed by atoms with E-state index in [4.69, 9.17) is 4.52 Å². The van der Waals surface area contributed by atoms with Crippen LogP contribution in [0.15, 0.2) is 22.2 Å². The van der Waals surface area contributed by atoms with Crippen LogP contribution in [0.25, 0.3) is 0 Å². The maximum atomic E-state index is 5.42. The van der Waals surface area contributed by atoms with Gasteiger partial charge in [-0.25, -0.2) is 0 Å². The molecule has 1 aliphatic rings. The van der Waals surface area contributed by atoms with Gasteiger partial charge < -0.3 is 9.84 Å². The lowest BCUT2D eigenvalue weighted by Gasteiger charge is -2.24. The first-order valence-electron chi connectivity index (χ1n) is 7.00. The van der Waals surface area contributed by atoms with E-state index in [-0.39, 0.29) is 5.54 Å². The van der Waals surface area contributed by atoms with Crippen molar-refractivity contribution < 1.29 is 4.52 Å².